The number of carbonyl (C=O) groups excluding carboxylic acids is 1. The van der Waals surface area contributed by atoms with Crippen molar-refractivity contribution < 1.29 is 44.2 Å². The van der Waals surface area contributed by atoms with Crippen LogP contribution in [0.25, 0.3) is 0 Å². The fourth-order valence-electron chi connectivity index (χ4n) is 5.03. The minimum Gasteiger partial charge on any atom is -0.457 e. The van der Waals surface area contributed by atoms with E-state index in [0.29, 0.717) is 13.0 Å². The lowest BCUT2D eigenvalue weighted by Crippen LogP contribution is -2.59. The Balaban J connectivity index is 2.37. The molecule has 45 heavy (non-hydrogen) atoms. The van der Waals surface area contributed by atoms with Crippen molar-refractivity contribution in [2.24, 2.45) is 0 Å². The van der Waals surface area contributed by atoms with E-state index in [1.165, 1.54) is 32.1 Å². The molecule has 1 heterocycles. The number of hydrogen-bond acceptors (Lipinski definition) is 9. The number of hydrogen-bond donors (Lipinski definition) is 4. The molecule has 1 aliphatic heterocycles. The SMILES string of the molecule is CC/C=C\C/C=C\C/C=C\CCCCCCOCC(COC1OC(CO)C(O)C(O)C1O)OC(=O)CCCCCCCCCC. The van der Waals surface area contributed by atoms with Crippen LogP contribution in [0.15, 0.2) is 36.5 Å². The molecule has 1 rings (SSSR count). The fraction of sp³-hybridized carbons (Fsp3) is 0.806. The topological polar surface area (TPSA) is 135 Å². The highest BCUT2D eigenvalue weighted by Gasteiger charge is 2.44. The number of carbonyl (C=O) groups is 1. The predicted molar refractivity (Wildman–Crippen MR) is 178 cm³/mol. The van der Waals surface area contributed by atoms with Crippen LogP contribution in [0.4, 0.5) is 0 Å². The summed E-state index contributed by atoms with van der Waals surface area (Å²) in [5.41, 5.74) is 0. The first kappa shape index (κ1) is 41.4. The van der Waals surface area contributed by atoms with E-state index < -0.39 is 43.4 Å². The monoisotopic (exact) mass is 640 g/mol. The van der Waals surface area contributed by atoms with Gasteiger partial charge in [0.15, 0.2) is 6.29 Å². The molecule has 0 aromatic carbocycles. The summed E-state index contributed by atoms with van der Waals surface area (Å²) in [5, 5.41) is 39.8. The Morgan fingerprint density at radius 3 is 2.04 bits per heavy atom. The minimum atomic E-state index is -1.54. The quantitative estimate of drug-likeness (QED) is 0.0457. The largest absolute Gasteiger partial charge is 0.457 e. The fourth-order valence-corrected chi connectivity index (χ4v) is 5.03. The molecule has 1 fully saturated rings. The van der Waals surface area contributed by atoms with Crippen molar-refractivity contribution in [3.05, 3.63) is 36.5 Å². The standard InChI is InChI=1S/C36H64O9/c1-3-5-7-9-11-13-14-15-16-17-18-20-22-24-26-42-28-30(44-32(38)25-23-21-19-12-10-8-6-4-2)29-43-36-35(41)34(40)33(39)31(27-37)45-36/h5,7,11,13,15-16,30-31,33-37,39-41H,3-4,6,8-10,12,14,17-29H2,1-2H3/b7-5-,13-11-,16-15-. The summed E-state index contributed by atoms with van der Waals surface area (Å²) < 4.78 is 22.6. The first-order valence-electron chi connectivity index (χ1n) is 17.6. The Kier molecular flexibility index (Phi) is 26.3. The van der Waals surface area contributed by atoms with Crippen molar-refractivity contribution in [1.29, 1.82) is 0 Å². The molecular weight excluding hydrogens is 576 g/mol. The van der Waals surface area contributed by atoms with Gasteiger partial charge in [0, 0.05) is 13.0 Å². The van der Waals surface area contributed by atoms with Gasteiger partial charge in [0.25, 0.3) is 0 Å². The lowest BCUT2D eigenvalue weighted by Gasteiger charge is -2.39. The van der Waals surface area contributed by atoms with Gasteiger partial charge in [-0.3, -0.25) is 4.79 Å². The zero-order chi connectivity index (χ0) is 33.0. The van der Waals surface area contributed by atoms with Crippen LogP contribution in [0.5, 0.6) is 0 Å². The molecule has 0 amide bonds. The molecule has 6 atom stereocenters. The van der Waals surface area contributed by atoms with Gasteiger partial charge in [-0.1, -0.05) is 108 Å². The smallest absolute Gasteiger partial charge is 0.306 e. The molecule has 9 heteroatoms. The van der Waals surface area contributed by atoms with Gasteiger partial charge in [-0.15, -0.1) is 0 Å². The third-order valence-corrected chi connectivity index (χ3v) is 7.82. The molecule has 4 N–H and O–H groups in total. The first-order valence-corrected chi connectivity index (χ1v) is 17.6. The van der Waals surface area contributed by atoms with Gasteiger partial charge in [-0.2, -0.15) is 0 Å². The highest BCUT2D eigenvalue weighted by molar-refractivity contribution is 5.69. The number of aliphatic hydroxyl groups is 4. The Hall–Kier alpha value is -1.59. The van der Waals surface area contributed by atoms with Gasteiger partial charge >= 0.3 is 5.97 Å². The van der Waals surface area contributed by atoms with E-state index in [-0.39, 0.29) is 19.2 Å². The Labute approximate surface area is 272 Å². The van der Waals surface area contributed by atoms with E-state index in [4.69, 9.17) is 18.9 Å². The van der Waals surface area contributed by atoms with Crippen molar-refractivity contribution in [3.8, 4) is 0 Å². The van der Waals surface area contributed by atoms with E-state index in [9.17, 15) is 25.2 Å². The van der Waals surface area contributed by atoms with Crippen LogP contribution in [0.3, 0.4) is 0 Å². The lowest BCUT2D eigenvalue weighted by molar-refractivity contribution is -0.305. The predicted octanol–water partition coefficient (Wildman–Crippen LogP) is 6.07. The van der Waals surface area contributed by atoms with E-state index >= 15 is 0 Å². The van der Waals surface area contributed by atoms with Crippen LogP contribution < -0.4 is 0 Å². The van der Waals surface area contributed by atoms with Crippen LogP contribution in [-0.2, 0) is 23.7 Å². The summed E-state index contributed by atoms with van der Waals surface area (Å²) >= 11 is 0. The molecule has 9 nitrogen and oxygen atoms in total. The molecule has 262 valence electrons. The van der Waals surface area contributed by atoms with Gasteiger partial charge in [-0.05, 0) is 44.9 Å². The summed E-state index contributed by atoms with van der Waals surface area (Å²) in [6.07, 6.45) is 23.3. The number of allylic oxidation sites excluding steroid dienone is 6. The van der Waals surface area contributed by atoms with Crippen molar-refractivity contribution in [1.82, 2.24) is 0 Å². The molecule has 0 aromatic rings. The molecule has 0 aromatic heterocycles. The van der Waals surface area contributed by atoms with Gasteiger partial charge < -0.3 is 39.4 Å². The second-order valence-corrected chi connectivity index (χ2v) is 11.9. The number of aliphatic hydroxyl groups excluding tert-OH is 4. The molecule has 0 saturated carbocycles. The highest BCUT2D eigenvalue weighted by atomic mass is 16.7. The molecule has 0 bridgehead atoms. The normalized spacial score (nSPS) is 23.0. The first-order chi connectivity index (χ1) is 21.9. The second-order valence-electron chi connectivity index (χ2n) is 11.9. The number of ether oxygens (including phenoxy) is 4. The van der Waals surface area contributed by atoms with Gasteiger partial charge in [0.05, 0.1) is 19.8 Å². The maximum absolute atomic E-state index is 12.6. The summed E-state index contributed by atoms with van der Waals surface area (Å²) in [6, 6.07) is 0. The van der Waals surface area contributed by atoms with Crippen LogP contribution in [0.2, 0.25) is 0 Å². The highest BCUT2D eigenvalue weighted by Crippen LogP contribution is 2.22. The molecule has 0 radical (unpaired) electrons. The van der Waals surface area contributed by atoms with Crippen LogP contribution in [0, 0.1) is 0 Å². The van der Waals surface area contributed by atoms with Crippen molar-refractivity contribution >= 4 is 5.97 Å². The Bertz CT molecular complexity index is 782. The van der Waals surface area contributed by atoms with E-state index in [1.54, 1.807) is 0 Å². The molecule has 6 unspecified atom stereocenters. The third kappa shape index (κ3) is 21.0. The van der Waals surface area contributed by atoms with Crippen LogP contribution in [-0.4, -0.2) is 89.6 Å². The number of rotatable bonds is 28. The van der Waals surface area contributed by atoms with Crippen LogP contribution >= 0.6 is 0 Å². The number of unbranched alkanes of at least 4 members (excludes halogenated alkanes) is 11. The van der Waals surface area contributed by atoms with Gasteiger partial charge in [0.2, 0.25) is 0 Å². The summed E-state index contributed by atoms with van der Waals surface area (Å²) in [6.45, 7) is 4.33. The van der Waals surface area contributed by atoms with E-state index in [0.717, 1.165) is 70.6 Å². The average Bonchev–Trinajstić information content (AvgIpc) is 3.04. The maximum atomic E-state index is 12.6. The van der Waals surface area contributed by atoms with E-state index in [2.05, 4.69) is 50.3 Å². The van der Waals surface area contributed by atoms with Crippen LogP contribution in [0.1, 0.15) is 123 Å². The molecule has 1 saturated heterocycles. The summed E-state index contributed by atoms with van der Waals surface area (Å²) in [5.74, 6) is -0.330. The van der Waals surface area contributed by atoms with Gasteiger partial charge in [-0.25, -0.2) is 0 Å². The van der Waals surface area contributed by atoms with Gasteiger partial charge in [0.1, 0.15) is 30.5 Å². The third-order valence-electron chi connectivity index (χ3n) is 7.82. The molecular formula is C36H64O9. The Morgan fingerprint density at radius 2 is 1.36 bits per heavy atom. The zero-order valence-corrected chi connectivity index (χ0v) is 28.1. The number of esters is 1. The molecule has 0 spiro atoms. The maximum Gasteiger partial charge on any atom is 0.306 e. The molecule has 0 aliphatic carbocycles. The minimum absolute atomic E-state index is 0.122. The Morgan fingerprint density at radius 1 is 0.733 bits per heavy atom. The van der Waals surface area contributed by atoms with Crippen molar-refractivity contribution in [3.63, 3.8) is 0 Å². The second kappa shape index (κ2) is 28.6. The van der Waals surface area contributed by atoms with Crippen molar-refractivity contribution in [2.75, 3.05) is 26.4 Å². The summed E-state index contributed by atoms with van der Waals surface area (Å²) in [7, 11) is 0. The zero-order valence-electron chi connectivity index (χ0n) is 28.1. The lowest BCUT2D eigenvalue weighted by atomic mass is 9.99. The molecule has 1 aliphatic rings. The summed E-state index contributed by atoms with van der Waals surface area (Å²) in [4.78, 5) is 12.6. The van der Waals surface area contributed by atoms with Crippen molar-refractivity contribution in [2.45, 2.75) is 160 Å². The van der Waals surface area contributed by atoms with E-state index in [1.807, 2.05) is 0 Å². The average molecular weight is 641 g/mol.